The molecule has 152 valence electrons. The van der Waals surface area contributed by atoms with E-state index in [2.05, 4.69) is 52.7 Å². The Hall–Kier alpha value is -1.59. The van der Waals surface area contributed by atoms with Crippen molar-refractivity contribution in [2.75, 3.05) is 20.1 Å². The van der Waals surface area contributed by atoms with Crippen LogP contribution in [0.15, 0.2) is 48.5 Å². The number of amides is 1. The maximum atomic E-state index is 12.9. The molecular weight excluding hydrogens is 393 g/mol. The molecule has 2 aromatic rings. The van der Waals surface area contributed by atoms with Crippen LogP contribution in [0.2, 0.25) is 0 Å². The van der Waals surface area contributed by atoms with Crippen LogP contribution in [0.3, 0.4) is 0 Å². The van der Waals surface area contributed by atoms with Gasteiger partial charge in [-0.05, 0) is 41.7 Å². The molecule has 0 aromatic heterocycles. The molecule has 2 aliphatic heterocycles. The quantitative estimate of drug-likeness (QED) is 0.813. The number of fused-ring (bicyclic) bond motifs is 1. The van der Waals surface area contributed by atoms with Crippen molar-refractivity contribution in [2.24, 2.45) is 0 Å². The van der Waals surface area contributed by atoms with Gasteiger partial charge in [0, 0.05) is 51.4 Å². The molecule has 28 heavy (non-hydrogen) atoms. The molecule has 1 fully saturated rings. The normalized spacial score (nSPS) is 16.6. The summed E-state index contributed by atoms with van der Waals surface area (Å²) < 4.78 is 0. The van der Waals surface area contributed by atoms with E-state index >= 15 is 0 Å². The van der Waals surface area contributed by atoms with E-state index < -0.39 is 0 Å². The summed E-state index contributed by atoms with van der Waals surface area (Å²) in [7, 11) is 1.96. The minimum Gasteiger partial charge on any atom is -0.339 e. The van der Waals surface area contributed by atoms with Crippen LogP contribution in [0.5, 0.6) is 0 Å². The molecule has 0 bridgehead atoms. The number of likely N-dealkylation sites (tertiary alicyclic amines) is 1. The van der Waals surface area contributed by atoms with E-state index in [9.17, 15) is 4.79 Å². The molecule has 1 saturated heterocycles. The molecule has 1 amide bonds. The van der Waals surface area contributed by atoms with Crippen molar-refractivity contribution in [3.05, 3.63) is 70.8 Å². The predicted molar refractivity (Wildman–Crippen MR) is 118 cm³/mol. The third kappa shape index (κ3) is 5.06. The average Bonchev–Trinajstić information content (AvgIpc) is 3.16. The topological polar surface area (TPSA) is 35.6 Å². The highest BCUT2D eigenvalue weighted by atomic mass is 35.5. The predicted octanol–water partition coefficient (Wildman–Crippen LogP) is 3.87. The van der Waals surface area contributed by atoms with E-state index in [-0.39, 0.29) is 30.7 Å². The largest absolute Gasteiger partial charge is 0.339 e. The lowest BCUT2D eigenvalue weighted by Gasteiger charge is -2.37. The van der Waals surface area contributed by atoms with Gasteiger partial charge in [0.15, 0.2) is 0 Å². The van der Waals surface area contributed by atoms with Gasteiger partial charge in [0.1, 0.15) is 0 Å². The summed E-state index contributed by atoms with van der Waals surface area (Å²) >= 11 is 0. The first-order valence-electron chi connectivity index (χ1n) is 9.56. The number of hydrogen-bond acceptors (Lipinski definition) is 3. The zero-order valence-corrected chi connectivity index (χ0v) is 17.9. The van der Waals surface area contributed by atoms with E-state index in [1.165, 1.54) is 16.7 Å². The van der Waals surface area contributed by atoms with Crippen molar-refractivity contribution in [2.45, 2.75) is 38.5 Å². The number of benzene rings is 2. The number of carbonyl (C=O) groups excluding carboxylic acids is 1. The van der Waals surface area contributed by atoms with Gasteiger partial charge >= 0.3 is 0 Å². The van der Waals surface area contributed by atoms with Crippen LogP contribution in [-0.4, -0.2) is 41.9 Å². The Bertz CT molecular complexity index is 777. The highest BCUT2D eigenvalue weighted by Crippen LogP contribution is 2.22. The molecule has 4 nitrogen and oxygen atoms in total. The Morgan fingerprint density at radius 3 is 2.43 bits per heavy atom. The summed E-state index contributed by atoms with van der Waals surface area (Å²) in [6.45, 7) is 4.89. The molecule has 2 aliphatic rings. The second-order valence-electron chi connectivity index (χ2n) is 7.50. The zero-order chi connectivity index (χ0) is 17.9. The molecule has 0 unspecified atom stereocenters. The lowest BCUT2D eigenvalue weighted by molar-refractivity contribution is 0.0636. The summed E-state index contributed by atoms with van der Waals surface area (Å²) in [6, 6.07) is 17.1. The van der Waals surface area contributed by atoms with Gasteiger partial charge in [-0.2, -0.15) is 0 Å². The maximum Gasteiger partial charge on any atom is 0.253 e. The van der Waals surface area contributed by atoms with Gasteiger partial charge in [0.25, 0.3) is 5.91 Å². The van der Waals surface area contributed by atoms with E-state index in [4.69, 9.17) is 0 Å². The van der Waals surface area contributed by atoms with Crippen molar-refractivity contribution in [1.82, 2.24) is 15.1 Å². The van der Waals surface area contributed by atoms with Crippen LogP contribution >= 0.6 is 24.8 Å². The summed E-state index contributed by atoms with van der Waals surface area (Å²) in [5.41, 5.74) is 4.77. The van der Waals surface area contributed by atoms with Crippen molar-refractivity contribution >= 4 is 30.7 Å². The van der Waals surface area contributed by atoms with Gasteiger partial charge < -0.3 is 10.2 Å². The first kappa shape index (κ1) is 22.7. The Labute approximate surface area is 180 Å². The first-order valence-corrected chi connectivity index (χ1v) is 9.56. The van der Waals surface area contributed by atoms with Crippen molar-refractivity contribution in [3.63, 3.8) is 0 Å². The van der Waals surface area contributed by atoms with Gasteiger partial charge in [0.2, 0.25) is 0 Å². The van der Waals surface area contributed by atoms with Gasteiger partial charge in [-0.3, -0.25) is 9.69 Å². The molecule has 2 heterocycles. The Balaban J connectivity index is 0.00000140. The van der Waals surface area contributed by atoms with E-state index in [0.29, 0.717) is 6.04 Å². The molecule has 1 N–H and O–H groups in total. The lowest BCUT2D eigenvalue weighted by Crippen LogP contribution is -2.45. The van der Waals surface area contributed by atoms with Crippen LogP contribution < -0.4 is 5.32 Å². The highest BCUT2D eigenvalue weighted by molar-refractivity contribution is 5.94. The fourth-order valence-corrected chi connectivity index (χ4v) is 4.10. The van der Waals surface area contributed by atoms with Crippen LogP contribution in [0.4, 0.5) is 0 Å². The zero-order valence-electron chi connectivity index (χ0n) is 16.3. The second-order valence-corrected chi connectivity index (χ2v) is 7.50. The SMILES string of the molecule is CN(C(=O)c1ccc2c(c1)CNC2)C1CCN(Cc2ccccc2)CC1.Cl.Cl. The van der Waals surface area contributed by atoms with Crippen LogP contribution in [0.25, 0.3) is 0 Å². The lowest BCUT2D eigenvalue weighted by atomic mass is 10.0. The molecule has 0 aliphatic carbocycles. The molecule has 4 rings (SSSR count). The summed E-state index contributed by atoms with van der Waals surface area (Å²) in [4.78, 5) is 17.4. The van der Waals surface area contributed by atoms with Crippen LogP contribution in [0.1, 0.15) is 39.9 Å². The van der Waals surface area contributed by atoms with Gasteiger partial charge in [-0.15, -0.1) is 24.8 Å². The average molecular weight is 422 g/mol. The first-order chi connectivity index (χ1) is 12.7. The second kappa shape index (κ2) is 10.3. The van der Waals surface area contributed by atoms with E-state index in [1.54, 1.807) is 0 Å². The van der Waals surface area contributed by atoms with Crippen molar-refractivity contribution < 1.29 is 4.79 Å². The number of nitrogens with zero attached hydrogens (tertiary/aromatic N) is 2. The Morgan fingerprint density at radius 2 is 1.71 bits per heavy atom. The third-order valence-corrected chi connectivity index (χ3v) is 5.76. The molecule has 6 heteroatoms. The molecule has 2 aromatic carbocycles. The number of halogens is 2. The van der Waals surface area contributed by atoms with Crippen molar-refractivity contribution in [3.8, 4) is 0 Å². The summed E-state index contributed by atoms with van der Waals surface area (Å²) in [5.74, 6) is 0.154. The third-order valence-electron chi connectivity index (χ3n) is 5.76. The highest BCUT2D eigenvalue weighted by Gasteiger charge is 2.26. The number of nitrogens with one attached hydrogen (secondary N) is 1. The molecule has 0 atom stereocenters. The Morgan fingerprint density at radius 1 is 1.04 bits per heavy atom. The van der Waals surface area contributed by atoms with Gasteiger partial charge in [-0.25, -0.2) is 0 Å². The number of carbonyl (C=O) groups is 1. The summed E-state index contributed by atoms with van der Waals surface area (Å²) in [5, 5.41) is 3.34. The molecule has 0 radical (unpaired) electrons. The van der Waals surface area contributed by atoms with Crippen LogP contribution in [0, 0.1) is 0 Å². The van der Waals surface area contributed by atoms with Gasteiger partial charge in [0.05, 0.1) is 0 Å². The Kier molecular flexibility index (Phi) is 8.32. The van der Waals surface area contributed by atoms with E-state index in [0.717, 1.165) is 51.1 Å². The number of rotatable bonds is 4. The van der Waals surface area contributed by atoms with Gasteiger partial charge in [-0.1, -0.05) is 36.4 Å². The minimum absolute atomic E-state index is 0. The number of hydrogen-bond donors (Lipinski definition) is 1. The fraction of sp³-hybridized carbons (Fsp3) is 0.409. The smallest absolute Gasteiger partial charge is 0.253 e. The monoisotopic (exact) mass is 421 g/mol. The molecular formula is C22H29Cl2N3O. The minimum atomic E-state index is 0. The fourth-order valence-electron chi connectivity index (χ4n) is 4.10. The molecule has 0 saturated carbocycles. The maximum absolute atomic E-state index is 12.9. The summed E-state index contributed by atoms with van der Waals surface area (Å²) in [6.07, 6.45) is 2.09. The van der Waals surface area contributed by atoms with E-state index in [1.807, 2.05) is 18.0 Å². The van der Waals surface area contributed by atoms with Crippen LogP contribution in [-0.2, 0) is 19.6 Å². The molecule has 0 spiro atoms. The van der Waals surface area contributed by atoms with Crippen molar-refractivity contribution in [1.29, 1.82) is 0 Å². The standard InChI is InChI=1S/C22H27N3O.2ClH/c1-24(22(26)18-7-8-19-14-23-15-20(19)13-18)21-9-11-25(12-10-21)16-17-5-3-2-4-6-17;;/h2-8,13,21,23H,9-12,14-16H2,1H3;2*1H. The number of piperidine rings is 1.